The average molecular weight is 531 g/mol. The van der Waals surface area contributed by atoms with Gasteiger partial charge in [0.25, 0.3) is 11.8 Å². The summed E-state index contributed by atoms with van der Waals surface area (Å²) in [6.07, 6.45) is 3.40. The fourth-order valence-corrected chi connectivity index (χ4v) is 4.82. The summed E-state index contributed by atoms with van der Waals surface area (Å²) in [6, 6.07) is 22.1. The van der Waals surface area contributed by atoms with E-state index < -0.39 is 11.8 Å². The molecule has 2 heterocycles. The predicted molar refractivity (Wildman–Crippen MR) is 145 cm³/mol. The number of aromatic nitrogens is 1. The van der Waals surface area contributed by atoms with E-state index in [2.05, 4.69) is 11.4 Å². The summed E-state index contributed by atoms with van der Waals surface area (Å²) in [6.45, 7) is 0.446. The number of para-hydroxylation sites is 1. The topological polar surface area (TPSA) is 78.1 Å². The Morgan fingerprint density at radius 3 is 2.56 bits per heavy atom. The Balaban J connectivity index is 1.60. The molecule has 176 valence electrons. The zero-order chi connectivity index (χ0) is 25.4. The number of benzene rings is 3. The van der Waals surface area contributed by atoms with Gasteiger partial charge in [-0.3, -0.25) is 19.8 Å². The minimum absolute atomic E-state index is 0.0816. The molecule has 0 saturated carbocycles. The van der Waals surface area contributed by atoms with Crippen LogP contribution < -0.4 is 10.2 Å². The summed E-state index contributed by atoms with van der Waals surface area (Å²) in [5.41, 5.74) is 3.19. The smallest absolute Gasteiger partial charge is 0.270 e. The van der Waals surface area contributed by atoms with Gasteiger partial charge >= 0.3 is 0 Å². The van der Waals surface area contributed by atoms with Crippen LogP contribution in [0.3, 0.4) is 0 Å². The first-order chi connectivity index (χ1) is 17.4. The summed E-state index contributed by atoms with van der Waals surface area (Å²) in [5.74, 6) is -1.22. The molecule has 0 radical (unpaired) electrons. The second-order valence-corrected chi connectivity index (χ2v) is 9.20. The molecule has 1 aromatic heterocycles. The van der Waals surface area contributed by atoms with E-state index in [1.54, 1.807) is 30.3 Å². The summed E-state index contributed by atoms with van der Waals surface area (Å²) >= 11 is 17.8. The van der Waals surface area contributed by atoms with Crippen molar-refractivity contribution in [2.45, 2.75) is 6.54 Å². The summed E-state index contributed by atoms with van der Waals surface area (Å²) in [7, 11) is 0. The van der Waals surface area contributed by atoms with Crippen LogP contribution in [0.1, 0.15) is 16.7 Å². The number of rotatable bonds is 4. The van der Waals surface area contributed by atoms with Gasteiger partial charge in [0.2, 0.25) is 0 Å². The maximum Gasteiger partial charge on any atom is 0.270 e. The molecule has 0 atom stereocenters. The number of fused-ring (bicyclic) bond motifs is 1. The molecule has 2 amide bonds. The monoisotopic (exact) mass is 530 g/mol. The molecule has 1 aliphatic rings. The molecule has 1 aliphatic heterocycles. The van der Waals surface area contributed by atoms with Gasteiger partial charge in [-0.15, -0.1) is 0 Å². The molecule has 9 heteroatoms. The molecule has 0 unspecified atom stereocenters. The molecule has 1 fully saturated rings. The lowest BCUT2D eigenvalue weighted by molar-refractivity contribution is -0.122. The standard InChI is InChI=1S/C27H16Cl2N4O2S/c28-21-9-5-11-23(24(21)29)33-26(35)20(25(34)31-27(33)36)12-18-15-32(22-10-4-3-8-19(18)22)14-17-7-2-1-6-16(17)13-30/h1-12,15H,14H2,(H,31,34,36)/b20-12+. The van der Waals surface area contributed by atoms with Gasteiger partial charge in [0, 0.05) is 29.2 Å². The van der Waals surface area contributed by atoms with E-state index in [4.69, 9.17) is 35.4 Å². The number of amides is 2. The third-order valence-electron chi connectivity index (χ3n) is 5.87. The first-order valence-electron chi connectivity index (χ1n) is 10.8. The molecule has 0 bridgehead atoms. The molecule has 6 nitrogen and oxygen atoms in total. The molecule has 1 N–H and O–H groups in total. The maximum atomic E-state index is 13.5. The van der Waals surface area contributed by atoms with Crippen molar-refractivity contribution in [3.05, 3.63) is 105 Å². The van der Waals surface area contributed by atoms with Crippen molar-refractivity contribution in [1.82, 2.24) is 9.88 Å². The molecule has 4 aromatic rings. The van der Waals surface area contributed by atoms with Crippen LogP contribution in [0.25, 0.3) is 17.0 Å². The van der Waals surface area contributed by atoms with Crippen LogP contribution in [0, 0.1) is 11.3 Å². The van der Waals surface area contributed by atoms with Gasteiger partial charge in [-0.05, 0) is 48.1 Å². The highest BCUT2D eigenvalue weighted by molar-refractivity contribution is 7.80. The highest BCUT2D eigenvalue weighted by atomic mass is 35.5. The lowest BCUT2D eigenvalue weighted by Gasteiger charge is -2.29. The largest absolute Gasteiger partial charge is 0.342 e. The Kier molecular flexibility index (Phi) is 6.33. The number of thiocarbonyl (C=S) groups is 1. The van der Waals surface area contributed by atoms with Crippen molar-refractivity contribution in [2.24, 2.45) is 0 Å². The second-order valence-electron chi connectivity index (χ2n) is 8.03. The highest BCUT2D eigenvalue weighted by Gasteiger charge is 2.36. The van der Waals surface area contributed by atoms with E-state index in [0.29, 0.717) is 17.7 Å². The number of carbonyl (C=O) groups is 2. The Bertz CT molecular complexity index is 1650. The van der Waals surface area contributed by atoms with Crippen LogP contribution in [0.2, 0.25) is 10.0 Å². The van der Waals surface area contributed by atoms with Crippen molar-refractivity contribution >= 4 is 75.0 Å². The number of halogens is 2. The zero-order valence-corrected chi connectivity index (χ0v) is 20.9. The number of hydrogen-bond donors (Lipinski definition) is 1. The Labute approximate surface area is 221 Å². The maximum absolute atomic E-state index is 13.5. The molecular formula is C27H16Cl2N4O2S. The fourth-order valence-electron chi connectivity index (χ4n) is 4.17. The molecule has 5 rings (SSSR count). The van der Waals surface area contributed by atoms with Crippen LogP contribution in [-0.2, 0) is 16.1 Å². The number of anilines is 1. The normalized spacial score (nSPS) is 14.9. The zero-order valence-electron chi connectivity index (χ0n) is 18.5. The SMILES string of the molecule is N#Cc1ccccc1Cn1cc(/C=C2\C(=O)NC(=S)N(c3cccc(Cl)c3Cl)C2=O)c2ccccc21. The van der Waals surface area contributed by atoms with Crippen molar-refractivity contribution in [3.8, 4) is 6.07 Å². The average Bonchev–Trinajstić information content (AvgIpc) is 3.21. The summed E-state index contributed by atoms with van der Waals surface area (Å²) < 4.78 is 1.99. The molecule has 3 aromatic carbocycles. The number of nitriles is 1. The number of carbonyl (C=O) groups excluding carboxylic acids is 2. The number of nitrogens with one attached hydrogen (secondary N) is 1. The van der Waals surface area contributed by atoms with Crippen LogP contribution >= 0.6 is 35.4 Å². The van der Waals surface area contributed by atoms with E-state index in [9.17, 15) is 14.9 Å². The second kappa shape index (κ2) is 9.59. The molecular weight excluding hydrogens is 515 g/mol. The first-order valence-corrected chi connectivity index (χ1v) is 12.0. The first kappa shape index (κ1) is 23.8. The van der Waals surface area contributed by atoms with Crippen LogP contribution in [0.4, 0.5) is 5.69 Å². The summed E-state index contributed by atoms with van der Waals surface area (Å²) in [5, 5.41) is 13.2. The van der Waals surface area contributed by atoms with Gasteiger partial charge in [0.05, 0.1) is 27.4 Å². The summed E-state index contributed by atoms with van der Waals surface area (Å²) in [4.78, 5) is 27.5. The predicted octanol–water partition coefficient (Wildman–Crippen LogP) is 5.70. The quantitative estimate of drug-likeness (QED) is 0.208. The van der Waals surface area contributed by atoms with E-state index >= 15 is 0 Å². The third kappa shape index (κ3) is 4.16. The van der Waals surface area contributed by atoms with E-state index in [0.717, 1.165) is 16.5 Å². The highest BCUT2D eigenvalue weighted by Crippen LogP contribution is 2.35. The van der Waals surface area contributed by atoms with Gasteiger partial charge < -0.3 is 4.57 Å². The van der Waals surface area contributed by atoms with Crippen LogP contribution in [0.15, 0.2) is 78.5 Å². The third-order valence-corrected chi connectivity index (χ3v) is 6.97. The van der Waals surface area contributed by atoms with E-state index in [1.807, 2.05) is 53.2 Å². The van der Waals surface area contributed by atoms with Gasteiger partial charge in [-0.1, -0.05) is 65.7 Å². The number of hydrogen-bond acceptors (Lipinski definition) is 4. The Morgan fingerprint density at radius 1 is 1.00 bits per heavy atom. The lowest BCUT2D eigenvalue weighted by Crippen LogP contribution is -2.54. The lowest BCUT2D eigenvalue weighted by atomic mass is 10.1. The minimum atomic E-state index is -0.612. The van der Waals surface area contributed by atoms with Gasteiger partial charge in [-0.2, -0.15) is 5.26 Å². The molecule has 0 spiro atoms. The van der Waals surface area contributed by atoms with Gasteiger partial charge in [0.15, 0.2) is 5.11 Å². The van der Waals surface area contributed by atoms with Crippen molar-refractivity contribution < 1.29 is 9.59 Å². The van der Waals surface area contributed by atoms with Crippen molar-refractivity contribution in [2.75, 3.05) is 4.90 Å². The fraction of sp³-hybridized carbons (Fsp3) is 0.0370. The molecule has 36 heavy (non-hydrogen) atoms. The van der Waals surface area contributed by atoms with Crippen LogP contribution in [0.5, 0.6) is 0 Å². The van der Waals surface area contributed by atoms with E-state index in [1.165, 1.54) is 4.90 Å². The van der Waals surface area contributed by atoms with Crippen molar-refractivity contribution in [1.29, 1.82) is 5.26 Å². The van der Waals surface area contributed by atoms with Gasteiger partial charge in [-0.25, -0.2) is 0 Å². The molecule has 0 aliphatic carbocycles. The van der Waals surface area contributed by atoms with E-state index in [-0.39, 0.29) is 26.4 Å². The number of nitrogens with zero attached hydrogens (tertiary/aromatic N) is 3. The molecule has 1 saturated heterocycles. The minimum Gasteiger partial charge on any atom is -0.342 e. The van der Waals surface area contributed by atoms with Gasteiger partial charge in [0.1, 0.15) is 5.57 Å². The Hall–Kier alpha value is -3.96. The van der Waals surface area contributed by atoms with Crippen LogP contribution in [-0.4, -0.2) is 21.5 Å². The van der Waals surface area contributed by atoms with Crippen molar-refractivity contribution in [3.63, 3.8) is 0 Å². The Morgan fingerprint density at radius 2 is 1.75 bits per heavy atom.